The van der Waals surface area contributed by atoms with Crippen molar-refractivity contribution in [2.45, 2.75) is 57.2 Å². The zero-order chi connectivity index (χ0) is 32.5. The van der Waals surface area contributed by atoms with Crippen LogP contribution in [0.3, 0.4) is 0 Å². The lowest BCUT2D eigenvalue weighted by Crippen LogP contribution is -2.53. The third-order valence-corrected chi connectivity index (χ3v) is 9.99. The summed E-state index contributed by atoms with van der Waals surface area (Å²) in [7, 11) is -3.04. The molecule has 11 nitrogen and oxygen atoms in total. The van der Waals surface area contributed by atoms with Gasteiger partial charge in [-0.3, -0.25) is 24.2 Å². The Labute approximate surface area is 262 Å². The summed E-state index contributed by atoms with van der Waals surface area (Å²) >= 11 is 0. The van der Waals surface area contributed by atoms with E-state index in [2.05, 4.69) is 31.1 Å². The van der Waals surface area contributed by atoms with E-state index >= 15 is 0 Å². The Hall–Kier alpha value is -4.42. The molecule has 3 atom stereocenters. The van der Waals surface area contributed by atoms with E-state index < -0.39 is 57.4 Å². The van der Waals surface area contributed by atoms with Crippen molar-refractivity contribution in [3.05, 3.63) is 95.3 Å². The number of methoxy groups -OCH3 is 1. The molecule has 2 fully saturated rings. The largest absolute Gasteiger partial charge is 0.497 e. The van der Waals surface area contributed by atoms with E-state index in [1.165, 1.54) is 23.2 Å². The first-order valence-electron chi connectivity index (χ1n) is 14.7. The zero-order valence-corrected chi connectivity index (χ0v) is 26.4. The average Bonchev–Trinajstić information content (AvgIpc) is 3.61. The predicted octanol–water partition coefficient (Wildman–Crippen LogP) is 2.75. The molecule has 1 aromatic heterocycles. The van der Waals surface area contributed by atoms with Crippen LogP contribution in [0.25, 0.3) is 0 Å². The second-order valence-electron chi connectivity index (χ2n) is 12.3. The van der Waals surface area contributed by atoms with Crippen molar-refractivity contribution in [3.8, 4) is 5.75 Å². The summed E-state index contributed by atoms with van der Waals surface area (Å²) < 4.78 is 32.8. The number of rotatable bonds is 8. The van der Waals surface area contributed by atoms with Crippen LogP contribution >= 0.6 is 0 Å². The van der Waals surface area contributed by atoms with Crippen LogP contribution in [0, 0.1) is 0 Å². The number of ether oxygens (including phenoxy) is 1. The molecule has 236 valence electrons. The number of aromatic nitrogens is 1. The molecule has 45 heavy (non-hydrogen) atoms. The summed E-state index contributed by atoms with van der Waals surface area (Å²) in [6.07, 6.45) is 1.60. The number of pyridine rings is 1. The Morgan fingerprint density at radius 1 is 1.02 bits per heavy atom. The molecular formula is C33H36N4O7S. The minimum atomic E-state index is -4.58. The van der Waals surface area contributed by atoms with Crippen molar-refractivity contribution in [2.75, 3.05) is 20.2 Å². The van der Waals surface area contributed by atoms with Crippen LogP contribution in [0.2, 0.25) is 0 Å². The normalized spacial score (nSPS) is 19.2. The van der Waals surface area contributed by atoms with Gasteiger partial charge in [-0.25, -0.2) is 8.42 Å². The molecule has 2 aromatic carbocycles. The monoisotopic (exact) mass is 632 g/mol. The molecule has 1 N–H and O–H groups in total. The van der Waals surface area contributed by atoms with Gasteiger partial charge in [0.2, 0.25) is 5.91 Å². The molecule has 0 spiro atoms. The highest BCUT2D eigenvalue weighted by Gasteiger charge is 2.55. The van der Waals surface area contributed by atoms with Gasteiger partial charge in [-0.05, 0) is 59.4 Å². The number of ketones is 1. The van der Waals surface area contributed by atoms with Gasteiger partial charge in [0.05, 0.1) is 19.7 Å². The molecular weight excluding hydrogens is 596 g/mol. The number of carbonyl (C=O) groups excluding carboxylic acids is 4. The van der Waals surface area contributed by atoms with Gasteiger partial charge in [0, 0.05) is 24.7 Å². The molecule has 2 saturated heterocycles. The lowest BCUT2D eigenvalue weighted by Gasteiger charge is -2.28. The maximum atomic E-state index is 14.1. The number of hydrogen-bond donors (Lipinski definition) is 1. The number of Topliss-reactive ketones (excluding diaryl/α,β-unsaturated/α-hetero) is 1. The van der Waals surface area contributed by atoms with Gasteiger partial charge in [0.25, 0.3) is 15.9 Å². The Kier molecular flexibility index (Phi) is 8.90. The standard InChI is InChI=1S/C33H36N4O7S/c1-33(2,3)23-12-10-22(11-13-23)30(39)35-26(19-21-8-14-24(44-4)15-9-21)31(40)36-18-16-27-29(36)28(38)20-37(27)45(42,43)32(41)25-7-5-6-17-34-25/h5-15,17,26-27,29H,16,18-20H2,1-4H3,(H,35,39). The molecule has 3 heterocycles. The molecule has 3 unspecified atom stereocenters. The number of nitrogens with zero attached hydrogens (tertiary/aromatic N) is 3. The molecule has 0 bridgehead atoms. The minimum Gasteiger partial charge on any atom is -0.497 e. The average molecular weight is 633 g/mol. The highest BCUT2D eigenvalue weighted by molar-refractivity contribution is 8.04. The summed E-state index contributed by atoms with van der Waals surface area (Å²) in [5.74, 6) is -0.830. The number of hydrogen-bond acceptors (Lipinski definition) is 8. The van der Waals surface area contributed by atoms with Crippen molar-refractivity contribution in [1.29, 1.82) is 0 Å². The fraction of sp³-hybridized carbons (Fsp3) is 0.364. The molecule has 0 saturated carbocycles. The van der Waals surface area contributed by atoms with Crippen molar-refractivity contribution < 1.29 is 32.3 Å². The summed E-state index contributed by atoms with van der Waals surface area (Å²) in [4.78, 5) is 58.9. The number of likely N-dealkylation sites (tertiary alicyclic amines) is 1. The molecule has 3 aromatic rings. The lowest BCUT2D eigenvalue weighted by atomic mass is 9.86. The second-order valence-corrected chi connectivity index (χ2v) is 14.0. The number of nitrogens with one attached hydrogen (secondary N) is 1. The van der Waals surface area contributed by atoms with Crippen LogP contribution in [-0.4, -0.2) is 83.6 Å². The maximum Gasteiger partial charge on any atom is 0.310 e. The van der Waals surface area contributed by atoms with Crippen LogP contribution in [0.4, 0.5) is 0 Å². The predicted molar refractivity (Wildman–Crippen MR) is 166 cm³/mol. The van der Waals surface area contributed by atoms with Gasteiger partial charge < -0.3 is 15.0 Å². The number of benzene rings is 2. The number of amides is 2. The Balaban J connectivity index is 1.39. The van der Waals surface area contributed by atoms with Crippen molar-refractivity contribution in [2.24, 2.45) is 0 Å². The first-order valence-corrected chi connectivity index (χ1v) is 16.1. The second kappa shape index (κ2) is 12.5. The first kappa shape index (κ1) is 32.0. The molecule has 2 aliphatic rings. The molecule has 0 radical (unpaired) electrons. The van der Waals surface area contributed by atoms with Crippen molar-refractivity contribution in [1.82, 2.24) is 19.5 Å². The van der Waals surface area contributed by atoms with E-state index in [1.54, 1.807) is 49.6 Å². The van der Waals surface area contributed by atoms with Gasteiger partial charge in [-0.2, -0.15) is 4.31 Å². The van der Waals surface area contributed by atoms with Crippen LogP contribution in [0.1, 0.15) is 59.2 Å². The van der Waals surface area contributed by atoms with Crippen LogP contribution in [-0.2, 0) is 31.4 Å². The van der Waals surface area contributed by atoms with E-state index in [9.17, 15) is 27.6 Å². The number of sulfonamides is 1. The third kappa shape index (κ3) is 6.52. The van der Waals surface area contributed by atoms with Gasteiger partial charge >= 0.3 is 5.12 Å². The van der Waals surface area contributed by atoms with E-state index in [-0.39, 0.29) is 30.5 Å². The van der Waals surface area contributed by atoms with Gasteiger partial charge in [-0.15, -0.1) is 0 Å². The molecule has 2 aliphatic heterocycles. The van der Waals surface area contributed by atoms with Gasteiger partial charge in [-0.1, -0.05) is 51.1 Å². The number of fused-ring (bicyclic) bond motifs is 1. The SMILES string of the molecule is COc1ccc(CC(NC(=O)c2ccc(C(C)(C)C)cc2)C(=O)N2CCC3C2C(=O)CN3S(=O)(=O)C(=O)c2ccccn2)cc1. The quantitative estimate of drug-likeness (QED) is 0.400. The Morgan fingerprint density at radius 3 is 2.31 bits per heavy atom. The maximum absolute atomic E-state index is 14.1. The van der Waals surface area contributed by atoms with Crippen LogP contribution in [0.15, 0.2) is 72.9 Å². The van der Waals surface area contributed by atoms with Crippen molar-refractivity contribution in [3.63, 3.8) is 0 Å². The Bertz CT molecular complexity index is 1700. The summed E-state index contributed by atoms with van der Waals surface area (Å²) in [5.41, 5.74) is 1.81. The highest BCUT2D eigenvalue weighted by Crippen LogP contribution is 2.33. The fourth-order valence-electron chi connectivity index (χ4n) is 5.82. The van der Waals surface area contributed by atoms with Crippen molar-refractivity contribution >= 4 is 32.7 Å². The topological polar surface area (TPSA) is 143 Å². The smallest absolute Gasteiger partial charge is 0.310 e. The summed E-state index contributed by atoms with van der Waals surface area (Å²) in [5, 5.41) is 1.65. The van der Waals surface area contributed by atoms with E-state index in [4.69, 9.17) is 4.74 Å². The van der Waals surface area contributed by atoms with Crippen LogP contribution in [0.5, 0.6) is 5.75 Å². The molecule has 2 amide bonds. The molecule has 0 aliphatic carbocycles. The van der Waals surface area contributed by atoms with E-state index in [0.29, 0.717) is 11.3 Å². The van der Waals surface area contributed by atoms with E-state index in [0.717, 1.165) is 15.4 Å². The summed E-state index contributed by atoms with van der Waals surface area (Å²) in [6, 6.07) is 15.5. The van der Waals surface area contributed by atoms with Gasteiger partial charge in [0.15, 0.2) is 5.78 Å². The van der Waals surface area contributed by atoms with E-state index in [1.807, 2.05) is 12.1 Å². The molecule has 12 heteroatoms. The third-order valence-electron chi connectivity index (χ3n) is 8.29. The lowest BCUT2D eigenvalue weighted by molar-refractivity contribution is -0.138. The Morgan fingerprint density at radius 2 is 1.71 bits per heavy atom. The first-order chi connectivity index (χ1) is 21.3. The summed E-state index contributed by atoms with van der Waals surface area (Å²) in [6.45, 7) is 5.76. The number of carbonyl (C=O) groups is 4. The highest BCUT2D eigenvalue weighted by atomic mass is 32.2. The fourth-order valence-corrected chi connectivity index (χ4v) is 7.30. The van der Waals surface area contributed by atoms with Crippen LogP contribution < -0.4 is 10.1 Å². The zero-order valence-electron chi connectivity index (χ0n) is 25.6. The van der Waals surface area contributed by atoms with Gasteiger partial charge in [0.1, 0.15) is 23.5 Å². The minimum absolute atomic E-state index is 0.0823. The molecule has 5 rings (SSSR count).